The van der Waals surface area contributed by atoms with E-state index in [1.807, 2.05) is 12.4 Å². The van der Waals surface area contributed by atoms with Crippen LogP contribution >= 0.6 is 0 Å². The van der Waals surface area contributed by atoms with Gasteiger partial charge in [-0.2, -0.15) is 0 Å². The Bertz CT molecular complexity index is 2820. The average Bonchev–Trinajstić information content (AvgIpc) is 4.03. The van der Waals surface area contributed by atoms with E-state index in [1.165, 1.54) is 67.1 Å². The number of hydrogen-bond donors (Lipinski definition) is 1. The number of hydrogen-bond acceptors (Lipinski definition) is 8. The molecular weight excluding hydrogens is 831 g/mol. The Kier molecular flexibility index (Phi) is 13.4. The number of aliphatic hydroxyl groups is 1. The molecule has 6 aromatic rings. The van der Waals surface area contributed by atoms with Gasteiger partial charge in [0.2, 0.25) is 0 Å². The van der Waals surface area contributed by atoms with Crippen molar-refractivity contribution in [1.29, 1.82) is 0 Å². The Hall–Kier alpha value is -5.98. The van der Waals surface area contributed by atoms with Gasteiger partial charge in [0.1, 0.15) is 23.2 Å². The van der Waals surface area contributed by atoms with E-state index in [1.54, 1.807) is 11.8 Å². The molecule has 346 valence electrons. The molecule has 6 aliphatic rings. The summed E-state index contributed by atoms with van der Waals surface area (Å²) >= 11 is 0. The van der Waals surface area contributed by atoms with E-state index < -0.39 is 0 Å². The number of aryl methyl sites for hydroxylation is 4. The van der Waals surface area contributed by atoms with Crippen molar-refractivity contribution in [2.24, 2.45) is 0 Å². The molecule has 0 bridgehead atoms. The second-order valence-electron chi connectivity index (χ2n) is 19.2. The molecule has 0 unspecified atom stereocenters. The van der Waals surface area contributed by atoms with Crippen LogP contribution in [0.2, 0.25) is 0 Å². The third kappa shape index (κ3) is 9.22. The maximum Gasteiger partial charge on any atom is 0.168 e. The van der Waals surface area contributed by atoms with Gasteiger partial charge in [-0.25, -0.2) is 15.0 Å². The van der Waals surface area contributed by atoms with Crippen molar-refractivity contribution in [3.8, 4) is 0 Å². The molecule has 0 spiro atoms. The molecule has 0 amide bonds. The molecule has 0 radical (unpaired) electrons. The minimum atomic E-state index is 0.0503. The SMILES string of the molecule is CN1CCC(=C2c3ccccc3CCn3c(C=O)cnc32)CC1.CN1CCC(=C2c3ccccc3CCn3c(CO)cnc32)CC1.CN1CCC(=C2c3ccccc3CCn3ccnc32)CC1. The molecule has 1 N–H and O–H groups in total. The number of imidazole rings is 3. The minimum absolute atomic E-state index is 0.0503. The lowest BCUT2D eigenvalue weighted by molar-refractivity contribution is 0.111. The van der Waals surface area contributed by atoms with E-state index >= 15 is 0 Å². The number of nitrogens with zero attached hydrogens (tertiary/aromatic N) is 9. The first-order valence-electron chi connectivity index (χ1n) is 24.5. The molecular formula is C56H65N9O2. The van der Waals surface area contributed by atoms with Crippen molar-refractivity contribution in [1.82, 2.24) is 43.4 Å². The van der Waals surface area contributed by atoms with Gasteiger partial charge in [0.15, 0.2) is 6.29 Å². The van der Waals surface area contributed by atoms with Crippen LogP contribution in [0.3, 0.4) is 0 Å². The van der Waals surface area contributed by atoms with Crippen molar-refractivity contribution >= 4 is 23.0 Å². The van der Waals surface area contributed by atoms with Gasteiger partial charge in [0.05, 0.1) is 24.7 Å². The van der Waals surface area contributed by atoms with Gasteiger partial charge in [-0.1, -0.05) is 89.5 Å². The fraction of sp³-hybridized carbons (Fsp3) is 0.393. The molecule has 11 nitrogen and oxygen atoms in total. The molecule has 3 saturated heterocycles. The Labute approximate surface area is 395 Å². The first kappa shape index (κ1) is 44.8. The maximum atomic E-state index is 11.4. The number of rotatable bonds is 2. The lowest BCUT2D eigenvalue weighted by Crippen LogP contribution is -2.27. The van der Waals surface area contributed by atoms with Gasteiger partial charge in [-0.3, -0.25) is 4.79 Å². The molecule has 3 aromatic heterocycles. The molecule has 11 heteroatoms. The van der Waals surface area contributed by atoms with Crippen LogP contribution in [0.5, 0.6) is 0 Å². The molecule has 9 heterocycles. The highest BCUT2D eigenvalue weighted by Crippen LogP contribution is 2.39. The first-order chi connectivity index (χ1) is 32.9. The quantitative estimate of drug-likeness (QED) is 0.174. The monoisotopic (exact) mass is 896 g/mol. The number of carbonyl (C=O) groups is 1. The summed E-state index contributed by atoms with van der Waals surface area (Å²) in [5.41, 5.74) is 18.4. The van der Waals surface area contributed by atoms with E-state index in [4.69, 9.17) is 4.98 Å². The van der Waals surface area contributed by atoms with Gasteiger partial charge in [-0.15, -0.1) is 0 Å². The highest BCUT2D eigenvalue weighted by atomic mass is 16.3. The third-order valence-corrected chi connectivity index (χ3v) is 15.0. The van der Waals surface area contributed by atoms with Crippen molar-refractivity contribution in [3.05, 3.63) is 177 Å². The Morgan fingerprint density at radius 2 is 0.910 bits per heavy atom. The summed E-state index contributed by atoms with van der Waals surface area (Å²) < 4.78 is 6.62. The average molecular weight is 896 g/mol. The fourth-order valence-electron chi connectivity index (χ4n) is 11.1. The Balaban J connectivity index is 0.000000118. The summed E-state index contributed by atoms with van der Waals surface area (Å²) in [6, 6.07) is 26.2. The number of likely N-dealkylation sites (tertiary alicyclic amines) is 3. The molecule has 6 aliphatic heterocycles. The predicted molar refractivity (Wildman–Crippen MR) is 267 cm³/mol. The van der Waals surface area contributed by atoms with Crippen LogP contribution < -0.4 is 0 Å². The Morgan fingerprint density at radius 3 is 1.39 bits per heavy atom. The molecule has 3 fully saturated rings. The van der Waals surface area contributed by atoms with E-state index in [0.29, 0.717) is 5.69 Å². The Morgan fingerprint density at radius 1 is 0.493 bits per heavy atom. The minimum Gasteiger partial charge on any atom is -0.390 e. The molecule has 12 rings (SSSR count). The molecule has 0 saturated carbocycles. The van der Waals surface area contributed by atoms with E-state index in [-0.39, 0.29) is 6.61 Å². The number of carbonyl (C=O) groups excluding carboxylic acids is 1. The zero-order chi connectivity index (χ0) is 45.9. The first-order valence-corrected chi connectivity index (χ1v) is 24.5. The smallest absolute Gasteiger partial charge is 0.168 e. The normalized spacial score (nSPS) is 18.6. The topological polar surface area (TPSA) is 100 Å². The highest BCUT2D eigenvalue weighted by molar-refractivity contribution is 5.84. The van der Waals surface area contributed by atoms with E-state index in [9.17, 15) is 9.90 Å². The lowest BCUT2D eigenvalue weighted by Gasteiger charge is -2.26. The highest BCUT2D eigenvalue weighted by Gasteiger charge is 2.28. The predicted octanol–water partition coefficient (Wildman–Crippen LogP) is 8.20. The summed E-state index contributed by atoms with van der Waals surface area (Å²) in [4.78, 5) is 32.5. The van der Waals surface area contributed by atoms with Crippen LogP contribution in [0.25, 0.3) is 16.7 Å². The third-order valence-electron chi connectivity index (χ3n) is 15.0. The van der Waals surface area contributed by atoms with Crippen molar-refractivity contribution < 1.29 is 9.90 Å². The van der Waals surface area contributed by atoms with Crippen LogP contribution in [-0.4, -0.2) is 115 Å². The summed E-state index contributed by atoms with van der Waals surface area (Å²) in [6.07, 6.45) is 18.2. The number of piperidine rings is 3. The summed E-state index contributed by atoms with van der Waals surface area (Å²) in [7, 11) is 6.57. The van der Waals surface area contributed by atoms with Crippen molar-refractivity contribution in [2.45, 2.75) is 84.0 Å². The van der Waals surface area contributed by atoms with Gasteiger partial charge in [0.25, 0.3) is 0 Å². The van der Waals surface area contributed by atoms with Crippen LogP contribution in [0.15, 0.2) is 114 Å². The van der Waals surface area contributed by atoms with Gasteiger partial charge in [-0.05, 0) is 112 Å². The summed E-state index contributed by atoms with van der Waals surface area (Å²) in [5.74, 6) is 3.18. The number of fused-ring (bicyclic) bond motifs is 6. The van der Waals surface area contributed by atoms with Crippen LogP contribution in [0, 0.1) is 0 Å². The van der Waals surface area contributed by atoms with E-state index in [2.05, 4.69) is 139 Å². The standard InChI is InChI=1S/C19H23N3O.C19H21N3O.C18H21N3/c2*1-21-9-6-15(7-10-21)18-17-5-3-2-4-14(17)8-11-22-16(13-23)12-20-19(18)22;1-20-10-6-15(7-11-20)17-16-5-3-2-4-14(16)8-12-21-13-9-19-18(17)21/h2-5,12,23H,6-11,13H2,1H3;2-5,12-13H,6-11H2,1H3;2-5,9,13H,6-8,10-12H2,1H3. The summed E-state index contributed by atoms with van der Waals surface area (Å²) in [6.45, 7) is 9.48. The molecule has 67 heavy (non-hydrogen) atoms. The molecule has 0 atom stereocenters. The van der Waals surface area contributed by atoms with Crippen LogP contribution in [0.4, 0.5) is 0 Å². The summed E-state index contributed by atoms with van der Waals surface area (Å²) in [5, 5.41) is 9.64. The second-order valence-corrected chi connectivity index (χ2v) is 19.2. The van der Waals surface area contributed by atoms with Crippen LogP contribution in [-0.2, 0) is 45.5 Å². The van der Waals surface area contributed by atoms with Gasteiger partial charge in [0, 0.05) is 88.0 Å². The van der Waals surface area contributed by atoms with Crippen molar-refractivity contribution in [2.75, 3.05) is 60.4 Å². The number of aliphatic hydroxyl groups excluding tert-OH is 1. The maximum absolute atomic E-state index is 11.4. The van der Waals surface area contributed by atoms with Crippen molar-refractivity contribution in [3.63, 3.8) is 0 Å². The fourth-order valence-corrected chi connectivity index (χ4v) is 11.1. The lowest BCUT2D eigenvalue weighted by atomic mass is 9.90. The van der Waals surface area contributed by atoms with Gasteiger partial charge >= 0.3 is 0 Å². The second kappa shape index (κ2) is 20.1. The van der Waals surface area contributed by atoms with Crippen LogP contribution in [0.1, 0.15) is 106 Å². The largest absolute Gasteiger partial charge is 0.390 e. The number of aldehydes is 1. The zero-order valence-corrected chi connectivity index (χ0v) is 39.6. The molecule has 0 aliphatic carbocycles. The van der Waals surface area contributed by atoms with Gasteiger partial charge < -0.3 is 33.5 Å². The van der Waals surface area contributed by atoms with E-state index in [0.717, 1.165) is 140 Å². The number of aromatic nitrogens is 6. The number of benzene rings is 3. The zero-order valence-electron chi connectivity index (χ0n) is 39.6. The molecule has 3 aromatic carbocycles.